The lowest BCUT2D eigenvalue weighted by Gasteiger charge is -2.36. The molecule has 1 aromatic carbocycles. The zero-order valence-electron chi connectivity index (χ0n) is 16.1. The van der Waals surface area contributed by atoms with Gasteiger partial charge in [0.25, 0.3) is 0 Å². The Labute approximate surface area is 170 Å². The summed E-state index contributed by atoms with van der Waals surface area (Å²) in [5.74, 6) is -0.434. The molecule has 0 unspecified atom stereocenters. The number of carbonyl (C=O) groups excluding carboxylic acids is 1. The summed E-state index contributed by atoms with van der Waals surface area (Å²) < 4.78 is 27.4. The molecule has 1 fully saturated rings. The van der Waals surface area contributed by atoms with Crippen LogP contribution in [0.5, 0.6) is 0 Å². The quantitative estimate of drug-likeness (QED) is 0.791. The number of nitrogens with one attached hydrogen (secondary N) is 1. The van der Waals surface area contributed by atoms with E-state index in [2.05, 4.69) is 4.72 Å². The number of hydrogen-bond acceptors (Lipinski definition) is 5. The number of thiophene rings is 1. The summed E-state index contributed by atoms with van der Waals surface area (Å²) in [7, 11) is -3.99. The average Bonchev–Trinajstić information content (AvgIpc) is 3.23. The highest BCUT2D eigenvalue weighted by molar-refractivity contribution is 7.91. The number of sulfonamides is 1. The van der Waals surface area contributed by atoms with E-state index in [0.29, 0.717) is 24.0 Å². The Morgan fingerprint density at radius 2 is 1.79 bits per heavy atom. The van der Waals surface area contributed by atoms with Crippen LogP contribution in [0, 0.1) is 11.3 Å². The van der Waals surface area contributed by atoms with Crippen molar-refractivity contribution in [1.29, 1.82) is 5.26 Å². The van der Waals surface area contributed by atoms with Gasteiger partial charge in [-0.25, -0.2) is 8.42 Å². The first-order valence-corrected chi connectivity index (χ1v) is 11.7. The predicted octanol–water partition coefficient (Wildman–Crippen LogP) is 4.20. The van der Waals surface area contributed by atoms with Crippen LogP contribution in [0.2, 0.25) is 0 Å². The Balaban J connectivity index is 1.91. The van der Waals surface area contributed by atoms with Gasteiger partial charge >= 0.3 is 0 Å². The third-order valence-electron chi connectivity index (χ3n) is 5.74. The monoisotopic (exact) mass is 416 g/mol. The van der Waals surface area contributed by atoms with E-state index in [1.807, 2.05) is 23.6 Å². The van der Waals surface area contributed by atoms with E-state index in [4.69, 9.17) is 5.26 Å². The van der Waals surface area contributed by atoms with Gasteiger partial charge in [0.1, 0.15) is 4.75 Å². The van der Waals surface area contributed by atoms with Crippen LogP contribution in [-0.2, 0) is 25.0 Å². The van der Waals surface area contributed by atoms with Crippen molar-refractivity contribution in [2.24, 2.45) is 0 Å². The molecule has 148 valence electrons. The minimum Gasteiger partial charge on any atom is -0.273 e. The van der Waals surface area contributed by atoms with Crippen molar-refractivity contribution in [1.82, 2.24) is 4.72 Å². The Bertz CT molecular complexity index is 979. The second kappa shape index (κ2) is 7.69. The number of nitriles is 1. The molecule has 1 aliphatic rings. The second-order valence-electron chi connectivity index (χ2n) is 7.75. The summed E-state index contributed by atoms with van der Waals surface area (Å²) in [5.41, 5.74) is 0.209. The van der Waals surface area contributed by atoms with Crippen molar-refractivity contribution in [3.63, 3.8) is 0 Å². The molecule has 0 atom stereocenters. The van der Waals surface area contributed by atoms with Gasteiger partial charge in [-0.05, 0) is 55.8 Å². The fraction of sp³-hybridized carbons (Fsp3) is 0.429. The highest BCUT2D eigenvalue weighted by Crippen LogP contribution is 2.42. The zero-order chi connectivity index (χ0) is 20.4. The number of rotatable bonds is 5. The maximum absolute atomic E-state index is 13.3. The normalized spacial score (nSPS) is 16.9. The van der Waals surface area contributed by atoms with Gasteiger partial charge in [-0.2, -0.15) is 5.26 Å². The van der Waals surface area contributed by atoms with Crippen molar-refractivity contribution >= 4 is 27.3 Å². The largest absolute Gasteiger partial charge is 0.273 e. The molecule has 1 N–H and O–H groups in total. The molecule has 3 rings (SSSR count). The lowest BCUT2D eigenvalue weighted by Crippen LogP contribution is -2.51. The summed E-state index contributed by atoms with van der Waals surface area (Å²) in [6, 6.07) is 12.3. The maximum Gasteiger partial charge on any atom is 0.244 e. The van der Waals surface area contributed by atoms with E-state index in [1.165, 1.54) is 11.3 Å². The maximum atomic E-state index is 13.3. The molecule has 1 aromatic heterocycles. The molecule has 0 radical (unpaired) electrons. The van der Waals surface area contributed by atoms with Gasteiger partial charge in [-0.3, -0.25) is 9.52 Å². The molecule has 0 saturated heterocycles. The van der Waals surface area contributed by atoms with Gasteiger partial charge in [0.05, 0.1) is 17.0 Å². The Kier molecular flexibility index (Phi) is 5.64. The Morgan fingerprint density at radius 1 is 1.14 bits per heavy atom. The number of nitrogens with zero attached hydrogens (tertiary/aromatic N) is 1. The van der Waals surface area contributed by atoms with Crippen molar-refractivity contribution < 1.29 is 13.2 Å². The van der Waals surface area contributed by atoms with Gasteiger partial charge in [0, 0.05) is 4.88 Å². The van der Waals surface area contributed by atoms with Crippen molar-refractivity contribution in [2.75, 3.05) is 0 Å². The first-order valence-electron chi connectivity index (χ1n) is 9.34. The molecule has 0 bridgehead atoms. The summed E-state index contributed by atoms with van der Waals surface area (Å²) in [4.78, 5) is 14.2. The first-order chi connectivity index (χ1) is 13.2. The van der Waals surface area contributed by atoms with Gasteiger partial charge in [-0.15, -0.1) is 11.3 Å². The number of hydrogen-bond donors (Lipinski definition) is 1. The number of benzene rings is 1. The van der Waals surface area contributed by atoms with Crippen LogP contribution >= 0.6 is 11.3 Å². The van der Waals surface area contributed by atoms with E-state index in [9.17, 15) is 13.2 Å². The lowest BCUT2D eigenvalue weighted by molar-refractivity contribution is -0.126. The van der Waals surface area contributed by atoms with Crippen molar-refractivity contribution in [3.8, 4) is 6.07 Å². The van der Waals surface area contributed by atoms with Gasteiger partial charge in [0.15, 0.2) is 0 Å². The van der Waals surface area contributed by atoms with E-state index in [0.717, 1.165) is 24.1 Å². The highest BCUT2D eigenvalue weighted by atomic mass is 32.2. The van der Waals surface area contributed by atoms with E-state index in [1.54, 1.807) is 38.1 Å². The fourth-order valence-corrected chi connectivity index (χ4v) is 5.86. The topological polar surface area (TPSA) is 87.0 Å². The summed E-state index contributed by atoms with van der Waals surface area (Å²) in [5, 5.41) is 10.9. The fourth-order valence-electron chi connectivity index (χ4n) is 3.74. The first kappa shape index (κ1) is 20.6. The average molecular weight is 417 g/mol. The van der Waals surface area contributed by atoms with Gasteiger partial charge in [0.2, 0.25) is 15.9 Å². The van der Waals surface area contributed by atoms with Crippen LogP contribution in [0.3, 0.4) is 0 Å². The van der Waals surface area contributed by atoms with Crippen LogP contribution in [0.1, 0.15) is 62.0 Å². The number of carbonyl (C=O) groups is 1. The molecule has 2 aromatic rings. The molecule has 7 heteroatoms. The zero-order valence-corrected chi connectivity index (χ0v) is 17.7. The molecule has 28 heavy (non-hydrogen) atoms. The smallest absolute Gasteiger partial charge is 0.244 e. The third kappa shape index (κ3) is 3.59. The molecular formula is C21H24N2O3S2. The molecule has 0 aliphatic heterocycles. The summed E-state index contributed by atoms with van der Waals surface area (Å²) in [6.07, 6.45) is 4.19. The van der Waals surface area contributed by atoms with Crippen LogP contribution in [0.25, 0.3) is 0 Å². The van der Waals surface area contributed by atoms with Crippen LogP contribution in [0.15, 0.2) is 41.8 Å². The van der Waals surface area contributed by atoms with Crippen molar-refractivity contribution in [2.45, 2.75) is 56.1 Å². The molecule has 1 aliphatic carbocycles. The molecule has 1 heterocycles. The van der Waals surface area contributed by atoms with Gasteiger partial charge in [-0.1, -0.05) is 37.5 Å². The molecule has 1 amide bonds. The lowest BCUT2D eigenvalue weighted by atomic mass is 9.72. The SMILES string of the molecule is CC(C)(c1ccc(C#N)cc1)S(=O)(=O)NC(=O)C1(c2cccs2)CCCCC1. The highest BCUT2D eigenvalue weighted by Gasteiger charge is 2.46. The molecule has 0 spiro atoms. The second-order valence-corrected chi connectivity index (χ2v) is 10.9. The molecule has 5 nitrogen and oxygen atoms in total. The summed E-state index contributed by atoms with van der Waals surface area (Å²) in [6.45, 7) is 3.14. The van der Waals surface area contributed by atoms with Crippen LogP contribution in [-0.4, -0.2) is 14.3 Å². The van der Waals surface area contributed by atoms with E-state index in [-0.39, 0.29) is 0 Å². The number of amides is 1. The third-order valence-corrected chi connectivity index (χ3v) is 8.85. The van der Waals surface area contributed by atoms with Crippen molar-refractivity contribution in [3.05, 3.63) is 57.8 Å². The van der Waals surface area contributed by atoms with E-state index < -0.39 is 26.1 Å². The Hall–Kier alpha value is -2.17. The standard InChI is InChI=1S/C21H24N2O3S2/c1-20(2,17-10-8-16(15-22)9-11-17)28(25,26)23-19(24)21(12-4-3-5-13-21)18-7-6-14-27-18/h6-11,14H,3-5,12-13H2,1-2H3,(H,23,24). The minimum absolute atomic E-state index is 0.434. The van der Waals surface area contributed by atoms with E-state index >= 15 is 0 Å². The Morgan fingerprint density at radius 3 is 2.32 bits per heavy atom. The minimum atomic E-state index is -3.99. The molecule has 1 saturated carbocycles. The van der Waals surface area contributed by atoms with Gasteiger partial charge < -0.3 is 0 Å². The van der Waals surface area contributed by atoms with Crippen LogP contribution in [0.4, 0.5) is 0 Å². The van der Waals surface area contributed by atoms with Crippen LogP contribution < -0.4 is 4.72 Å². The predicted molar refractivity (Wildman–Crippen MR) is 110 cm³/mol. The summed E-state index contributed by atoms with van der Waals surface area (Å²) >= 11 is 1.50. The molecular weight excluding hydrogens is 392 g/mol.